The highest BCUT2D eigenvalue weighted by molar-refractivity contribution is 5.62. The van der Waals surface area contributed by atoms with E-state index in [1.807, 2.05) is 18.2 Å². The van der Waals surface area contributed by atoms with Gasteiger partial charge in [0.2, 0.25) is 6.41 Å². The second-order valence-corrected chi connectivity index (χ2v) is 4.07. The van der Waals surface area contributed by atoms with Crippen molar-refractivity contribution in [3.05, 3.63) is 18.2 Å². The zero-order chi connectivity index (χ0) is 14.1. The first-order chi connectivity index (χ1) is 9.22. The Kier molecular flexibility index (Phi) is 6.52. The normalized spacial score (nSPS) is 14.1. The van der Waals surface area contributed by atoms with Gasteiger partial charge in [-0.2, -0.15) is 0 Å². The lowest BCUT2D eigenvalue weighted by atomic mass is 10.2. The molecule has 0 saturated carbocycles. The van der Waals surface area contributed by atoms with Crippen LogP contribution >= 0.6 is 0 Å². The fraction of sp³-hybridized carbons (Fsp3) is 0.462. The number of carbonyl (C=O) groups excluding carboxylic acids is 1. The SMILES string of the molecule is CNC=O.COc1cc(N2CCNCC2)ccc1N. The van der Waals surface area contributed by atoms with Gasteiger partial charge in [-0.25, -0.2) is 0 Å². The molecule has 4 N–H and O–H groups in total. The van der Waals surface area contributed by atoms with Gasteiger partial charge in [0.15, 0.2) is 0 Å². The van der Waals surface area contributed by atoms with Crippen molar-refractivity contribution in [3.63, 3.8) is 0 Å². The van der Waals surface area contributed by atoms with Crippen LogP contribution in [-0.2, 0) is 4.79 Å². The summed E-state index contributed by atoms with van der Waals surface area (Å²) in [6.07, 6.45) is 0.625. The summed E-state index contributed by atoms with van der Waals surface area (Å²) in [6, 6.07) is 5.94. The van der Waals surface area contributed by atoms with E-state index in [-0.39, 0.29) is 0 Å². The monoisotopic (exact) mass is 266 g/mol. The third-order valence-electron chi connectivity index (χ3n) is 2.82. The number of nitrogens with two attached hydrogens (primary N) is 1. The molecule has 0 aromatic heterocycles. The third-order valence-corrected chi connectivity index (χ3v) is 2.82. The minimum absolute atomic E-state index is 0.625. The first-order valence-electron chi connectivity index (χ1n) is 6.23. The Morgan fingerprint density at radius 1 is 1.42 bits per heavy atom. The van der Waals surface area contributed by atoms with Crippen molar-refractivity contribution in [2.45, 2.75) is 0 Å². The number of nitrogens with zero attached hydrogens (tertiary/aromatic N) is 1. The van der Waals surface area contributed by atoms with Crippen LogP contribution in [0, 0.1) is 0 Å². The lowest BCUT2D eigenvalue weighted by molar-refractivity contribution is -0.109. The lowest BCUT2D eigenvalue weighted by Gasteiger charge is -2.29. The van der Waals surface area contributed by atoms with E-state index in [1.54, 1.807) is 14.2 Å². The molecule has 6 heteroatoms. The minimum Gasteiger partial charge on any atom is -0.495 e. The number of hydrogen-bond acceptors (Lipinski definition) is 5. The van der Waals surface area contributed by atoms with Crippen LogP contribution in [-0.4, -0.2) is 46.7 Å². The number of ether oxygens (including phenoxy) is 1. The maximum Gasteiger partial charge on any atom is 0.206 e. The fourth-order valence-electron chi connectivity index (χ4n) is 1.82. The van der Waals surface area contributed by atoms with E-state index in [4.69, 9.17) is 15.3 Å². The molecule has 0 radical (unpaired) electrons. The van der Waals surface area contributed by atoms with Crippen LogP contribution in [0.5, 0.6) is 5.75 Å². The maximum atomic E-state index is 9.06. The largest absolute Gasteiger partial charge is 0.495 e. The predicted octanol–water partition coefficient (Wildman–Crippen LogP) is 0.0492. The van der Waals surface area contributed by atoms with Crippen molar-refractivity contribution < 1.29 is 9.53 Å². The second-order valence-electron chi connectivity index (χ2n) is 4.07. The maximum absolute atomic E-state index is 9.06. The Hall–Kier alpha value is -1.95. The van der Waals surface area contributed by atoms with Crippen LogP contribution in [0.25, 0.3) is 0 Å². The summed E-state index contributed by atoms with van der Waals surface area (Å²) >= 11 is 0. The molecule has 1 fully saturated rings. The summed E-state index contributed by atoms with van der Waals surface area (Å²) in [5.41, 5.74) is 7.65. The zero-order valence-electron chi connectivity index (χ0n) is 11.5. The van der Waals surface area contributed by atoms with Gasteiger partial charge in [-0.15, -0.1) is 0 Å². The summed E-state index contributed by atoms with van der Waals surface area (Å²) < 4.78 is 5.21. The van der Waals surface area contributed by atoms with Gasteiger partial charge in [0, 0.05) is 45.0 Å². The van der Waals surface area contributed by atoms with Crippen molar-refractivity contribution in [2.24, 2.45) is 0 Å². The fourth-order valence-corrected chi connectivity index (χ4v) is 1.82. The molecule has 106 valence electrons. The van der Waals surface area contributed by atoms with Crippen LogP contribution in [0.3, 0.4) is 0 Å². The number of rotatable bonds is 3. The Morgan fingerprint density at radius 3 is 2.58 bits per heavy atom. The Balaban J connectivity index is 0.000000399. The van der Waals surface area contributed by atoms with E-state index >= 15 is 0 Å². The van der Waals surface area contributed by atoms with Crippen molar-refractivity contribution in [3.8, 4) is 5.75 Å². The number of benzene rings is 1. The van der Waals surface area contributed by atoms with E-state index in [2.05, 4.69) is 15.5 Å². The van der Waals surface area contributed by atoms with Crippen LogP contribution in [0.15, 0.2) is 18.2 Å². The predicted molar refractivity (Wildman–Crippen MR) is 77.6 cm³/mol. The highest BCUT2D eigenvalue weighted by Crippen LogP contribution is 2.27. The van der Waals surface area contributed by atoms with Crippen LogP contribution in [0.2, 0.25) is 0 Å². The molecule has 0 spiro atoms. The number of hydrogen-bond donors (Lipinski definition) is 3. The molecule has 0 atom stereocenters. The van der Waals surface area contributed by atoms with E-state index in [9.17, 15) is 0 Å². The highest BCUT2D eigenvalue weighted by atomic mass is 16.5. The topological polar surface area (TPSA) is 79.6 Å². The smallest absolute Gasteiger partial charge is 0.206 e. The average Bonchev–Trinajstić information content (AvgIpc) is 2.49. The summed E-state index contributed by atoms with van der Waals surface area (Å²) in [6.45, 7) is 4.14. The Labute approximate surface area is 113 Å². The summed E-state index contributed by atoms with van der Waals surface area (Å²) in [5, 5.41) is 5.58. The highest BCUT2D eigenvalue weighted by Gasteiger charge is 2.11. The average molecular weight is 266 g/mol. The molecule has 1 saturated heterocycles. The molecule has 2 rings (SSSR count). The molecule has 0 aliphatic carbocycles. The first kappa shape index (κ1) is 15.1. The molecule has 1 heterocycles. The standard InChI is InChI=1S/C11H17N3O.C2H5NO/c1-15-11-8-9(2-3-10(11)12)14-6-4-13-5-7-14;1-3-2-4/h2-3,8,13H,4-7,12H2,1H3;2H,1H3,(H,3,4). The van der Waals surface area contributed by atoms with Crippen molar-refractivity contribution in [2.75, 3.05) is 51.0 Å². The molecule has 1 aliphatic rings. The number of carbonyl (C=O) groups is 1. The number of piperazine rings is 1. The van der Waals surface area contributed by atoms with Gasteiger partial charge in [-0.05, 0) is 12.1 Å². The van der Waals surface area contributed by atoms with Gasteiger partial charge >= 0.3 is 0 Å². The summed E-state index contributed by atoms with van der Waals surface area (Å²) in [5.74, 6) is 0.756. The number of amides is 1. The number of anilines is 2. The van der Waals surface area contributed by atoms with E-state index in [0.29, 0.717) is 12.1 Å². The molecule has 0 bridgehead atoms. The number of nitrogens with one attached hydrogen (secondary N) is 2. The molecular formula is C13H22N4O2. The molecule has 6 nitrogen and oxygen atoms in total. The molecule has 0 unspecified atom stereocenters. The molecule has 1 aromatic rings. The number of nitrogen functional groups attached to an aromatic ring is 1. The molecule has 1 aliphatic heterocycles. The molecule has 19 heavy (non-hydrogen) atoms. The zero-order valence-corrected chi connectivity index (χ0v) is 11.5. The number of methoxy groups -OCH3 is 1. The van der Waals surface area contributed by atoms with Crippen LogP contribution in [0.1, 0.15) is 0 Å². The quantitative estimate of drug-likeness (QED) is 0.532. The molecule has 1 aromatic carbocycles. The molecular weight excluding hydrogens is 244 g/mol. The van der Waals surface area contributed by atoms with Gasteiger partial charge < -0.3 is 26.0 Å². The van der Waals surface area contributed by atoms with Crippen LogP contribution in [0.4, 0.5) is 11.4 Å². The van der Waals surface area contributed by atoms with E-state index < -0.39 is 0 Å². The van der Waals surface area contributed by atoms with Gasteiger partial charge in [0.25, 0.3) is 0 Å². The van der Waals surface area contributed by atoms with E-state index in [1.165, 1.54) is 5.69 Å². The Morgan fingerprint density at radius 2 is 2.05 bits per heavy atom. The summed E-state index contributed by atoms with van der Waals surface area (Å²) in [4.78, 5) is 11.4. The van der Waals surface area contributed by atoms with Crippen molar-refractivity contribution in [1.82, 2.24) is 10.6 Å². The summed E-state index contributed by atoms with van der Waals surface area (Å²) in [7, 11) is 3.21. The van der Waals surface area contributed by atoms with Gasteiger partial charge in [0.05, 0.1) is 12.8 Å². The first-order valence-corrected chi connectivity index (χ1v) is 6.23. The molecule has 1 amide bonds. The van der Waals surface area contributed by atoms with Crippen molar-refractivity contribution >= 4 is 17.8 Å². The minimum atomic E-state index is 0.625. The van der Waals surface area contributed by atoms with Gasteiger partial charge in [-0.1, -0.05) is 0 Å². The third kappa shape index (κ3) is 4.67. The van der Waals surface area contributed by atoms with Gasteiger partial charge in [0.1, 0.15) is 5.75 Å². The second kappa shape index (κ2) is 8.20. The lowest BCUT2D eigenvalue weighted by Crippen LogP contribution is -2.43. The Bertz CT molecular complexity index is 392. The van der Waals surface area contributed by atoms with E-state index in [0.717, 1.165) is 31.9 Å². The van der Waals surface area contributed by atoms with Crippen molar-refractivity contribution in [1.29, 1.82) is 0 Å². The van der Waals surface area contributed by atoms with Crippen LogP contribution < -0.4 is 26.0 Å². The van der Waals surface area contributed by atoms with Gasteiger partial charge in [-0.3, -0.25) is 4.79 Å².